The number of halogens is 1. The van der Waals surface area contributed by atoms with Crippen LogP contribution in [0.5, 0.6) is 0 Å². The number of hydrogen-bond acceptors (Lipinski definition) is 4. The molecule has 1 aliphatic heterocycles. The second-order valence-electron chi connectivity index (χ2n) is 5.86. The summed E-state index contributed by atoms with van der Waals surface area (Å²) in [7, 11) is 0. The van der Waals surface area contributed by atoms with E-state index in [-0.39, 0.29) is 0 Å². The lowest BCUT2D eigenvalue weighted by molar-refractivity contribution is 0.326. The lowest BCUT2D eigenvalue weighted by Crippen LogP contribution is -2.28. The van der Waals surface area contributed by atoms with Gasteiger partial charge in [-0.15, -0.1) is 0 Å². The van der Waals surface area contributed by atoms with Gasteiger partial charge in [-0.1, -0.05) is 11.6 Å². The summed E-state index contributed by atoms with van der Waals surface area (Å²) in [5.41, 5.74) is 2.01. The first-order valence-corrected chi connectivity index (χ1v) is 7.82. The van der Waals surface area contributed by atoms with Crippen LogP contribution in [-0.4, -0.2) is 44.8 Å². The third-order valence-electron chi connectivity index (χ3n) is 4.27. The summed E-state index contributed by atoms with van der Waals surface area (Å²) in [5.74, 6) is 0. The zero-order chi connectivity index (χ0) is 14.2. The Balaban J connectivity index is 1.55. The van der Waals surface area contributed by atoms with E-state index >= 15 is 0 Å². The summed E-state index contributed by atoms with van der Waals surface area (Å²) in [4.78, 5) is 6.61. The maximum atomic E-state index is 6.16. The van der Waals surface area contributed by atoms with E-state index in [2.05, 4.69) is 20.3 Å². The highest BCUT2D eigenvalue weighted by Gasteiger charge is 2.34. The molecule has 0 bridgehead atoms. The fourth-order valence-corrected chi connectivity index (χ4v) is 3.22. The molecule has 0 spiro atoms. The van der Waals surface area contributed by atoms with Crippen LogP contribution < -0.4 is 5.32 Å². The number of nitrogens with zero attached hydrogens (tertiary/aromatic N) is 4. The van der Waals surface area contributed by atoms with Crippen LogP contribution in [-0.2, 0) is 0 Å². The van der Waals surface area contributed by atoms with Gasteiger partial charge >= 0.3 is 0 Å². The predicted octanol–water partition coefficient (Wildman–Crippen LogP) is 2.57. The molecule has 2 aliphatic rings. The zero-order valence-electron chi connectivity index (χ0n) is 11.7. The Morgan fingerprint density at radius 3 is 2.90 bits per heavy atom. The van der Waals surface area contributed by atoms with Gasteiger partial charge in [0.15, 0.2) is 0 Å². The van der Waals surface area contributed by atoms with Crippen molar-refractivity contribution >= 4 is 17.3 Å². The summed E-state index contributed by atoms with van der Waals surface area (Å²) >= 11 is 6.16. The van der Waals surface area contributed by atoms with E-state index in [0.717, 1.165) is 29.0 Å². The summed E-state index contributed by atoms with van der Waals surface area (Å²) in [6, 6.07) is 7.15. The monoisotopic (exact) mass is 303 g/mol. The number of nitrogens with one attached hydrogen (secondary N) is 1. The Bertz CT molecular complexity index is 623. The van der Waals surface area contributed by atoms with Gasteiger partial charge in [0.25, 0.3) is 0 Å². The molecular weight excluding hydrogens is 286 g/mol. The molecule has 1 aromatic carbocycles. The van der Waals surface area contributed by atoms with Crippen LogP contribution in [0.4, 0.5) is 5.69 Å². The fourth-order valence-electron chi connectivity index (χ4n) is 3.05. The topological polar surface area (TPSA) is 46.0 Å². The summed E-state index contributed by atoms with van der Waals surface area (Å²) in [5, 5.41) is 8.59. The van der Waals surface area contributed by atoms with Crippen LogP contribution in [0.1, 0.15) is 19.3 Å². The molecule has 1 atom stereocenters. The van der Waals surface area contributed by atoms with Crippen molar-refractivity contribution < 1.29 is 0 Å². The highest BCUT2D eigenvalue weighted by atomic mass is 35.5. The van der Waals surface area contributed by atoms with Crippen molar-refractivity contribution in [1.29, 1.82) is 0 Å². The molecular formula is C15H18ClN5. The second kappa shape index (κ2) is 5.31. The van der Waals surface area contributed by atoms with E-state index in [9.17, 15) is 0 Å². The Morgan fingerprint density at radius 1 is 1.24 bits per heavy atom. The molecule has 5 nitrogen and oxygen atoms in total. The van der Waals surface area contributed by atoms with Gasteiger partial charge in [0.1, 0.15) is 12.7 Å². The fraction of sp³-hybridized carbons (Fsp3) is 0.467. The van der Waals surface area contributed by atoms with Crippen LogP contribution >= 0.6 is 11.6 Å². The predicted molar refractivity (Wildman–Crippen MR) is 83.0 cm³/mol. The van der Waals surface area contributed by atoms with Gasteiger partial charge in [0.2, 0.25) is 0 Å². The molecule has 1 aromatic heterocycles. The van der Waals surface area contributed by atoms with Crippen LogP contribution in [0, 0.1) is 0 Å². The SMILES string of the molecule is Clc1ccc(-n2cncn2)c(NC2CCN(C3CC3)C2)c1. The molecule has 4 rings (SSSR count). The standard InChI is InChI=1S/C15H18ClN5/c16-11-1-4-15(21-10-17-9-18-21)14(7-11)19-12-5-6-20(8-12)13-2-3-13/h1,4,7,9-10,12-13,19H,2-3,5-6,8H2. The maximum Gasteiger partial charge on any atom is 0.138 e. The minimum Gasteiger partial charge on any atom is -0.379 e. The van der Waals surface area contributed by atoms with Crippen molar-refractivity contribution in [3.63, 3.8) is 0 Å². The van der Waals surface area contributed by atoms with Gasteiger partial charge in [-0.05, 0) is 37.5 Å². The Labute approximate surface area is 128 Å². The number of likely N-dealkylation sites (tertiary alicyclic amines) is 1. The second-order valence-corrected chi connectivity index (χ2v) is 6.29. The van der Waals surface area contributed by atoms with Gasteiger partial charge in [0.05, 0.1) is 11.4 Å². The van der Waals surface area contributed by atoms with E-state index < -0.39 is 0 Å². The molecule has 1 unspecified atom stereocenters. The number of hydrogen-bond donors (Lipinski definition) is 1. The quantitative estimate of drug-likeness (QED) is 0.943. The summed E-state index contributed by atoms with van der Waals surface area (Å²) in [6.45, 7) is 2.32. The first kappa shape index (κ1) is 13.1. The smallest absolute Gasteiger partial charge is 0.138 e. The molecule has 0 amide bonds. The van der Waals surface area contributed by atoms with Gasteiger partial charge in [-0.2, -0.15) is 5.10 Å². The third kappa shape index (κ3) is 2.76. The highest BCUT2D eigenvalue weighted by molar-refractivity contribution is 6.31. The normalized spacial score (nSPS) is 22.6. The molecule has 110 valence electrons. The van der Waals surface area contributed by atoms with Gasteiger partial charge in [-0.3, -0.25) is 4.90 Å². The number of aromatic nitrogens is 3. The summed E-state index contributed by atoms with van der Waals surface area (Å²) < 4.78 is 1.77. The van der Waals surface area contributed by atoms with Gasteiger partial charge < -0.3 is 5.32 Å². The van der Waals surface area contributed by atoms with Crippen molar-refractivity contribution in [3.05, 3.63) is 35.9 Å². The van der Waals surface area contributed by atoms with Crippen molar-refractivity contribution in [3.8, 4) is 5.69 Å². The van der Waals surface area contributed by atoms with E-state index in [0.29, 0.717) is 6.04 Å². The lowest BCUT2D eigenvalue weighted by atomic mass is 10.2. The van der Waals surface area contributed by atoms with Gasteiger partial charge in [-0.25, -0.2) is 9.67 Å². The minimum atomic E-state index is 0.478. The van der Waals surface area contributed by atoms with Crippen molar-refractivity contribution in [2.24, 2.45) is 0 Å². The van der Waals surface area contributed by atoms with Crippen LogP contribution in [0.2, 0.25) is 5.02 Å². The summed E-state index contributed by atoms with van der Waals surface area (Å²) in [6.07, 6.45) is 7.17. The first-order chi connectivity index (χ1) is 10.3. The number of benzene rings is 1. The molecule has 1 aliphatic carbocycles. The van der Waals surface area contributed by atoms with E-state index in [4.69, 9.17) is 11.6 Å². The highest BCUT2D eigenvalue weighted by Crippen LogP contribution is 2.32. The Morgan fingerprint density at radius 2 is 2.14 bits per heavy atom. The van der Waals surface area contributed by atoms with E-state index in [1.165, 1.54) is 25.8 Å². The molecule has 21 heavy (non-hydrogen) atoms. The van der Waals surface area contributed by atoms with Gasteiger partial charge in [0, 0.05) is 30.2 Å². The molecule has 1 saturated heterocycles. The van der Waals surface area contributed by atoms with Crippen molar-refractivity contribution in [1.82, 2.24) is 19.7 Å². The van der Waals surface area contributed by atoms with E-state index in [1.54, 1.807) is 17.3 Å². The van der Waals surface area contributed by atoms with Crippen LogP contribution in [0.15, 0.2) is 30.9 Å². The number of rotatable bonds is 4. The molecule has 1 saturated carbocycles. The first-order valence-electron chi connectivity index (χ1n) is 7.45. The molecule has 6 heteroatoms. The molecule has 2 heterocycles. The van der Waals surface area contributed by atoms with E-state index in [1.807, 2.05) is 18.2 Å². The Kier molecular flexibility index (Phi) is 3.31. The number of anilines is 1. The largest absolute Gasteiger partial charge is 0.379 e. The van der Waals surface area contributed by atoms with Crippen molar-refractivity contribution in [2.75, 3.05) is 18.4 Å². The van der Waals surface area contributed by atoms with Crippen LogP contribution in [0.3, 0.4) is 0 Å². The zero-order valence-corrected chi connectivity index (χ0v) is 12.5. The van der Waals surface area contributed by atoms with Crippen molar-refractivity contribution in [2.45, 2.75) is 31.3 Å². The van der Waals surface area contributed by atoms with Crippen LogP contribution in [0.25, 0.3) is 5.69 Å². The third-order valence-corrected chi connectivity index (χ3v) is 4.50. The average molecular weight is 304 g/mol. The maximum absolute atomic E-state index is 6.16. The molecule has 2 aromatic rings. The lowest BCUT2D eigenvalue weighted by Gasteiger charge is -2.19. The molecule has 2 fully saturated rings. The molecule has 1 N–H and O–H groups in total. The average Bonchev–Trinajstić information content (AvgIpc) is 2.99. The minimum absolute atomic E-state index is 0.478. The molecule has 0 radical (unpaired) electrons. The Hall–Kier alpha value is -1.59.